The van der Waals surface area contributed by atoms with Gasteiger partial charge in [0.2, 0.25) is 11.8 Å². The molecular weight excluding hydrogens is 347 g/mol. The second-order valence-corrected chi connectivity index (χ2v) is 6.80. The van der Waals surface area contributed by atoms with Crippen LogP contribution in [-0.4, -0.2) is 18.4 Å². The van der Waals surface area contributed by atoms with E-state index in [4.69, 9.17) is 4.74 Å². The number of aryl methyl sites for hydroxylation is 1. The highest BCUT2D eigenvalue weighted by molar-refractivity contribution is 5.96. The summed E-state index contributed by atoms with van der Waals surface area (Å²) in [4.78, 5) is 23.9. The fraction of sp³-hybridized carbons (Fsp3) is 0.333. The van der Waals surface area contributed by atoms with E-state index >= 15 is 0 Å². The molecule has 0 spiro atoms. The maximum absolute atomic E-state index is 13.9. The third-order valence-electron chi connectivity index (χ3n) is 4.60. The number of amides is 2. The first-order chi connectivity index (χ1) is 12.9. The van der Waals surface area contributed by atoms with Crippen molar-refractivity contribution in [2.24, 2.45) is 5.92 Å². The van der Waals surface area contributed by atoms with Gasteiger partial charge in [0.05, 0.1) is 18.7 Å². The molecule has 3 rings (SSSR count). The van der Waals surface area contributed by atoms with Crippen molar-refractivity contribution in [3.8, 4) is 5.75 Å². The van der Waals surface area contributed by atoms with Crippen LogP contribution in [0.5, 0.6) is 5.75 Å². The fourth-order valence-electron chi connectivity index (χ4n) is 2.64. The number of rotatable bonds is 7. The van der Waals surface area contributed by atoms with E-state index in [1.165, 1.54) is 18.2 Å². The molecule has 2 aromatic rings. The minimum atomic E-state index is -0.528. The van der Waals surface area contributed by atoms with E-state index in [0.717, 1.165) is 29.7 Å². The SMILES string of the molecule is Cc1cccc(OCCC(=O)Nc2ccc(F)c(NC(=O)C3CC3)c2)c1C. The van der Waals surface area contributed by atoms with Crippen molar-refractivity contribution in [2.75, 3.05) is 17.2 Å². The predicted molar refractivity (Wildman–Crippen MR) is 102 cm³/mol. The average Bonchev–Trinajstić information content (AvgIpc) is 3.47. The first-order valence-corrected chi connectivity index (χ1v) is 9.03. The lowest BCUT2D eigenvalue weighted by Crippen LogP contribution is -2.17. The van der Waals surface area contributed by atoms with Crippen LogP contribution in [0.15, 0.2) is 36.4 Å². The Kier molecular flexibility index (Phi) is 5.74. The summed E-state index contributed by atoms with van der Waals surface area (Å²) in [5, 5.41) is 5.28. The minimum Gasteiger partial charge on any atom is -0.493 e. The van der Waals surface area contributed by atoms with E-state index in [0.29, 0.717) is 5.69 Å². The van der Waals surface area contributed by atoms with Crippen LogP contribution in [0.2, 0.25) is 0 Å². The van der Waals surface area contributed by atoms with Crippen LogP contribution in [0.1, 0.15) is 30.4 Å². The summed E-state index contributed by atoms with van der Waals surface area (Å²) < 4.78 is 19.5. The molecule has 0 aliphatic heterocycles. The van der Waals surface area contributed by atoms with E-state index in [2.05, 4.69) is 10.6 Å². The number of benzene rings is 2. The maximum Gasteiger partial charge on any atom is 0.227 e. The molecular formula is C21H23FN2O3. The molecule has 1 fully saturated rings. The molecule has 1 aliphatic carbocycles. The average molecular weight is 370 g/mol. The third-order valence-corrected chi connectivity index (χ3v) is 4.60. The monoisotopic (exact) mass is 370 g/mol. The molecule has 1 saturated carbocycles. The summed E-state index contributed by atoms with van der Waals surface area (Å²) >= 11 is 0. The van der Waals surface area contributed by atoms with Gasteiger partial charge in [-0.15, -0.1) is 0 Å². The minimum absolute atomic E-state index is 0.0233. The molecule has 5 nitrogen and oxygen atoms in total. The number of carbonyl (C=O) groups excluding carboxylic acids is 2. The van der Waals surface area contributed by atoms with Gasteiger partial charge in [-0.2, -0.15) is 0 Å². The highest BCUT2D eigenvalue weighted by Gasteiger charge is 2.30. The number of anilines is 2. The number of hydrogen-bond donors (Lipinski definition) is 2. The Hall–Kier alpha value is -2.89. The molecule has 2 amide bonds. The first-order valence-electron chi connectivity index (χ1n) is 9.03. The van der Waals surface area contributed by atoms with Crippen LogP contribution >= 0.6 is 0 Å². The van der Waals surface area contributed by atoms with E-state index in [1.54, 1.807) is 0 Å². The van der Waals surface area contributed by atoms with Crippen LogP contribution in [0.4, 0.5) is 15.8 Å². The van der Waals surface area contributed by atoms with Gasteiger partial charge in [-0.25, -0.2) is 4.39 Å². The molecule has 0 saturated heterocycles. The quantitative estimate of drug-likeness (QED) is 0.768. The zero-order chi connectivity index (χ0) is 19.4. The van der Waals surface area contributed by atoms with E-state index in [9.17, 15) is 14.0 Å². The number of nitrogens with one attached hydrogen (secondary N) is 2. The summed E-state index contributed by atoms with van der Waals surface area (Å²) in [5.41, 5.74) is 2.69. The summed E-state index contributed by atoms with van der Waals surface area (Å²) in [6, 6.07) is 9.90. The van der Waals surface area contributed by atoms with Gasteiger partial charge in [-0.3, -0.25) is 9.59 Å². The van der Waals surface area contributed by atoms with Crippen LogP contribution in [-0.2, 0) is 9.59 Å². The van der Waals surface area contributed by atoms with Gasteiger partial charge < -0.3 is 15.4 Å². The van der Waals surface area contributed by atoms with Gasteiger partial charge in [0.1, 0.15) is 11.6 Å². The zero-order valence-electron chi connectivity index (χ0n) is 15.5. The maximum atomic E-state index is 13.9. The van der Waals surface area contributed by atoms with Crippen LogP contribution < -0.4 is 15.4 Å². The summed E-state index contributed by atoms with van der Waals surface area (Å²) in [5.74, 6) is -0.217. The Bertz CT molecular complexity index is 863. The molecule has 0 aromatic heterocycles. The van der Waals surface area contributed by atoms with Gasteiger partial charge in [0, 0.05) is 11.6 Å². The fourth-order valence-corrected chi connectivity index (χ4v) is 2.64. The molecule has 0 bridgehead atoms. The number of halogens is 1. The Morgan fingerprint density at radius 1 is 1.15 bits per heavy atom. The number of ether oxygens (including phenoxy) is 1. The Morgan fingerprint density at radius 3 is 2.67 bits per heavy atom. The lowest BCUT2D eigenvalue weighted by atomic mass is 10.1. The Labute approximate surface area is 157 Å². The first kappa shape index (κ1) is 18.9. The van der Waals surface area contributed by atoms with Crippen molar-refractivity contribution in [1.29, 1.82) is 0 Å². The van der Waals surface area contributed by atoms with Crippen LogP contribution in [0, 0.1) is 25.6 Å². The smallest absolute Gasteiger partial charge is 0.227 e. The van der Waals surface area contributed by atoms with Gasteiger partial charge >= 0.3 is 0 Å². The largest absolute Gasteiger partial charge is 0.493 e. The van der Waals surface area contributed by atoms with Crippen molar-refractivity contribution < 1.29 is 18.7 Å². The van der Waals surface area contributed by atoms with Gasteiger partial charge in [0.15, 0.2) is 0 Å². The second kappa shape index (κ2) is 8.20. The Balaban J connectivity index is 1.52. The molecule has 0 heterocycles. The molecule has 2 aromatic carbocycles. The van der Waals surface area contributed by atoms with Gasteiger partial charge in [-0.05, 0) is 62.1 Å². The predicted octanol–water partition coefficient (Wildman–Crippen LogP) is 4.20. The molecule has 0 radical (unpaired) electrons. The van der Waals surface area contributed by atoms with Crippen LogP contribution in [0.25, 0.3) is 0 Å². The lowest BCUT2D eigenvalue weighted by molar-refractivity contribution is -0.117. The lowest BCUT2D eigenvalue weighted by Gasteiger charge is -2.12. The molecule has 6 heteroatoms. The highest BCUT2D eigenvalue weighted by atomic mass is 19.1. The van der Waals surface area contributed by atoms with Crippen LogP contribution in [0.3, 0.4) is 0 Å². The molecule has 0 atom stereocenters. The summed E-state index contributed by atoms with van der Waals surface area (Å²) in [6.07, 6.45) is 1.84. The highest BCUT2D eigenvalue weighted by Crippen LogP contribution is 2.31. The normalized spacial score (nSPS) is 13.1. The van der Waals surface area contributed by atoms with Crippen molar-refractivity contribution in [3.63, 3.8) is 0 Å². The van der Waals surface area contributed by atoms with Gasteiger partial charge in [0.25, 0.3) is 0 Å². The molecule has 142 valence electrons. The molecule has 0 unspecified atom stereocenters. The van der Waals surface area contributed by atoms with E-state index < -0.39 is 5.82 Å². The second-order valence-electron chi connectivity index (χ2n) is 6.80. The van der Waals surface area contributed by atoms with Crippen molar-refractivity contribution in [3.05, 3.63) is 53.3 Å². The van der Waals surface area contributed by atoms with E-state index in [1.807, 2.05) is 32.0 Å². The van der Waals surface area contributed by atoms with Crippen molar-refractivity contribution in [2.45, 2.75) is 33.1 Å². The summed E-state index contributed by atoms with van der Waals surface area (Å²) in [6.45, 7) is 4.21. The number of hydrogen-bond acceptors (Lipinski definition) is 3. The number of carbonyl (C=O) groups is 2. The van der Waals surface area contributed by atoms with E-state index in [-0.39, 0.29) is 36.4 Å². The van der Waals surface area contributed by atoms with Gasteiger partial charge in [-0.1, -0.05) is 12.1 Å². The Morgan fingerprint density at radius 2 is 1.93 bits per heavy atom. The molecule has 27 heavy (non-hydrogen) atoms. The molecule has 2 N–H and O–H groups in total. The van der Waals surface area contributed by atoms with Crippen molar-refractivity contribution >= 4 is 23.2 Å². The molecule has 1 aliphatic rings. The third kappa shape index (κ3) is 5.06. The topological polar surface area (TPSA) is 67.4 Å². The van der Waals surface area contributed by atoms with Crippen molar-refractivity contribution in [1.82, 2.24) is 0 Å². The standard InChI is InChI=1S/C21H23FN2O3/c1-13-4-3-5-19(14(13)2)27-11-10-20(25)23-16-8-9-17(22)18(12-16)24-21(26)15-6-7-15/h3-5,8-9,12,15H,6-7,10-11H2,1-2H3,(H,23,25)(H,24,26). The zero-order valence-corrected chi connectivity index (χ0v) is 15.5. The summed E-state index contributed by atoms with van der Waals surface area (Å²) in [7, 11) is 0.